The van der Waals surface area contributed by atoms with Crippen LogP contribution in [0, 0.1) is 16.0 Å². The minimum absolute atomic E-state index is 0.000901. The van der Waals surface area contributed by atoms with Crippen LogP contribution in [-0.2, 0) is 17.9 Å². The minimum atomic E-state index is -0.464. The molecule has 10 nitrogen and oxygen atoms in total. The van der Waals surface area contributed by atoms with Crippen molar-refractivity contribution in [3.63, 3.8) is 0 Å². The first-order chi connectivity index (χ1) is 14.5. The summed E-state index contributed by atoms with van der Waals surface area (Å²) in [6, 6.07) is 6.05. The van der Waals surface area contributed by atoms with E-state index in [1.165, 1.54) is 29.2 Å². The standard InChI is InChI=1S/C20H22N6O4/c27-19(15-3-1-2-4-15)21-9-10-25-18-17(11-23-25)20(28)24(13-22-18)12-14-5-7-16(8-6-14)26(29)30/h5-8,11,13,15H,1-4,9-10,12H2,(H,21,27). The minimum Gasteiger partial charge on any atom is -0.354 e. The fourth-order valence-electron chi connectivity index (χ4n) is 3.81. The van der Waals surface area contributed by atoms with Crippen molar-refractivity contribution in [3.8, 4) is 0 Å². The van der Waals surface area contributed by atoms with Crippen LogP contribution in [-0.4, -0.2) is 36.7 Å². The molecule has 1 saturated carbocycles. The predicted octanol–water partition coefficient (Wildman–Crippen LogP) is 1.86. The number of benzene rings is 1. The number of hydrogen-bond acceptors (Lipinski definition) is 6. The number of fused-ring (bicyclic) bond motifs is 1. The molecule has 3 aromatic rings. The van der Waals surface area contributed by atoms with E-state index >= 15 is 0 Å². The molecule has 0 saturated heterocycles. The van der Waals surface area contributed by atoms with Crippen LogP contribution >= 0.6 is 0 Å². The predicted molar refractivity (Wildman–Crippen MR) is 109 cm³/mol. The molecule has 1 aliphatic carbocycles. The first-order valence-electron chi connectivity index (χ1n) is 9.95. The molecule has 0 bridgehead atoms. The maximum Gasteiger partial charge on any atom is 0.269 e. The van der Waals surface area contributed by atoms with Gasteiger partial charge in [0.25, 0.3) is 11.2 Å². The second-order valence-corrected chi connectivity index (χ2v) is 7.48. The van der Waals surface area contributed by atoms with Gasteiger partial charge < -0.3 is 5.32 Å². The average Bonchev–Trinajstić information content (AvgIpc) is 3.41. The van der Waals surface area contributed by atoms with Crippen molar-refractivity contribution >= 4 is 22.6 Å². The largest absolute Gasteiger partial charge is 0.354 e. The van der Waals surface area contributed by atoms with Gasteiger partial charge in [0.2, 0.25) is 5.91 Å². The second kappa shape index (κ2) is 8.44. The van der Waals surface area contributed by atoms with Crippen LogP contribution in [0.2, 0.25) is 0 Å². The Balaban J connectivity index is 1.44. The van der Waals surface area contributed by atoms with Gasteiger partial charge in [0.1, 0.15) is 11.7 Å². The van der Waals surface area contributed by atoms with Crippen LogP contribution in [0.25, 0.3) is 11.0 Å². The quantitative estimate of drug-likeness (QED) is 0.468. The zero-order valence-corrected chi connectivity index (χ0v) is 16.4. The highest BCUT2D eigenvalue weighted by molar-refractivity contribution is 5.78. The van der Waals surface area contributed by atoms with Gasteiger partial charge in [-0.05, 0) is 18.4 Å². The lowest BCUT2D eigenvalue weighted by molar-refractivity contribution is -0.384. The van der Waals surface area contributed by atoms with Crippen molar-refractivity contribution < 1.29 is 9.72 Å². The van der Waals surface area contributed by atoms with Gasteiger partial charge in [0.15, 0.2) is 5.65 Å². The summed E-state index contributed by atoms with van der Waals surface area (Å²) in [7, 11) is 0. The molecule has 156 valence electrons. The van der Waals surface area contributed by atoms with Crippen LogP contribution in [0.4, 0.5) is 5.69 Å². The first kappa shape index (κ1) is 19.7. The Morgan fingerprint density at radius 3 is 2.67 bits per heavy atom. The lowest BCUT2D eigenvalue weighted by atomic mass is 10.1. The highest BCUT2D eigenvalue weighted by atomic mass is 16.6. The zero-order chi connectivity index (χ0) is 21.1. The van der Waals surface area contributed by atoms with Crippen molar-refractivity contribution in [2.24, 2.45) is 5.92 Å². The highest BCUT2D eigenvalue weighted by Crippen LogP contribution is 2.24. The summed E-state index contributed by atoms with van der Waals surface area (Å²) in [5, 5.41) is 18.3. The number of non-ortho nitro benzene ring substituents is 1. The third-order valence-corrected chi connectivity index (χ3v) is 5.47. The van der Waals surface area contributed by atoms with E-state index in [-0.39, 0.29) is 29.6 Å². The number of rotatable bonds is 7. The van der Waals surface area contributed by atoms with E-state index in [1.807, 2.05) is 0 Å². The van der Waals surface area contributed by atoms with Gasteiger partial charge in [-0.25, -0.2) is 9.67 Å². The summed E-state index contributed by atoms with van der Waals surface area (Å²) in [6.07, 6.45) is 7.05. The normalized spacial score (nSPS) is 14.3. The van der Waals surface area contributed by atoms with E-state index in [4.69, 9.17) is 0 Å². The SMILES string of the molecule is O=C(NCCn1ncc2c(=O)n(Cc3ccc([N+](=O)[O-])cc3)cnc21)C1CCCC1. The van der Waals surface area contributed by atoms with Crippen LogP contribution < -0.4 is 10.9 Å². The Bertz CT molecular complexity index is 1130. The summed E-state index contributed by atoms with van der Waals surface area (Å²) in [4.78, 5) is 39.5. The van der Waals surface area contributed by atoms with Gasteiger partial charge in [-0.2, -0.15) is 5.10 Å². The smallest absolute Gasteiger partial charge is 0.269 e. The topological polar surface area (TPSA) is 125 Å². The van der Waals surface area contributed by atoms with Crippen molar-refractivity contribution in [1.82, 2.24) is 24.6 Å². The van der Waals surface area contributed by atoms with Gasteiger partial charge in [-0.15, -0.1) is 0 Å². The Hall–Kier alpha value is -3.56. The van der Waals surface area contributed by atoms with Crippen LogP contribution in [0.1, 0.15) is 31.2 Å². The Kier molecular flexibility index (Phi) is 5.55. The number of nitrogens with zero attached hydrogens (tertiary/aromatic N) is 5. The molecule has 10 heteroatoms. The van der Waals surface area contributed by atoms with E-state index in [0.29, 0.717) is 24.1 Å². The van der Waals surface area contributed by atoms with Crippen molar-refractivity contribution in [2.45, 2.75) is 38.8 Å². The third-order valence-electron chi connectivity index (χ3n) is 5.47. The molecule has 4 rings (SSSR count). The lowest BCUT2D eigenvalue weighted by Crippen LogP contribution is -2.32. The number of carbonyl (C=O) groups is 1. The van der Waals surface area contributed by atoms with Crippen molar-refractivity contribution in [1.29, 1.82) is 0 Å². The van der Waals surface area contributed by atoms with Crippen molar-refractivity contribution in [2.75, 3.05) is 6.54 Å². The molecule has 1 N–H and O–H groups in total. The Morgan fingerprint density at radius 2 is 1.97 bits per heavy atom. The maximum absolute atomic E-state index is 12.8. The molecule has 0 aliphatic heterocycles. The summed E-state index contributed by atoms with van der Waals surface area (Å²) in [5.41, 5.74) is 0.987. The monoisotopic (exact) mass is 410 g/mol. The molecule has 2 aromatic heterocycles. The average molecular weight is 410 g/mol. The van der Waals surface area contributed by atoms with Gasteiger partial charge in [0, 0.05) is 24.6 Å². The molecular weight excluding hydrogens is 388 g/mol. The van der Waals surface area contributed by atoms with Gasteiger partial charge >= 0.3 is 0 Å². The first-order valence-corrected chi connectivity index (χ1v) is 9.95. The summed E-state index contributed by atoms with van der Waals surface area (Å²) in [5.74, 6) is 0.200. The third kappa shape index (κ3) is 4.07. The number of amides is 1. The fourth-order valence-corrected chi connectivity index (χ4v) is 3.81. The van der Waals surface area contributed by atoms with Gasteiger partial charge in [0.05, 0.1) is 24.2 Å². The molecule has 2 heterocycles. The van der Waals surface area contributed by atoms with Crippen LogP contribution in [0.15, 0.2) is 41.6 Å². The highest BCUT2D eigenvalue weighted by Gasteiger charge is 2.22. The molecule has 1 fully saturated rings. The molecule has 1 amide bonds. The van der Waals surface area contributed by atoms with Crippen LogP contribution in [0.5, 0.6) is 0 Å². The van der Waals surface area contributed by atoms with Gasteiger partial charge in [-0.1, -0.05) is 25.0 Å². The van der Waals surface area contributed by atoms with E-state index in [9.17, 15) is 19.7 Å². The second-order valence-electron chi connectivity index (χ2n) is 7.48. The summed E-state index contributed by atoms with van der Waals surface area (Å²) < 4.78 is 3.05. The molecule has 1 aromatic carbocycles. The van der Waals surface area contributed by atoms with E-state index in [2.05, 4.69) is 15.4 Å². The molecule has 1 aliphatic rings. The molecule has 0 unspecified atom stereocenters. The Morgan fingerprint density at radius 1 is 1.23 bits per heavy atom. The van der Waals surface area contributed by atoms with E-state index in [1.54, 1.807) is 16.8 Å². The number of nitrogens with one attached hydrogen (secondary N) is 1. The molecule has 30 heavy (non-hydrogen) atoms. The van der Waals surface area contributed by atoms with Crippen LogP contribution in [0.3, 0.4) is 0 Å². The number of nitro benzene ring substituents is 1. The van der Waals surface area contributed by atoms with Gasteiger partial charge in [-0.3, -0.25) is 24.3 Å². The number of nitro groups is 1. The molecule has 0 atom stereocenters. The molecule has 0 spiro atoms. The van der Waals surface area contributed by atoms with Crippen molar-refractivity contribution in [3.05, 3.63) is 62.8 Å². The number of carbonyl (C=O) groups excluding carboxylic acids is 1. The molecule has 0 radical (unpaired) electrons. The van der Waals surface area contributed by atoms with E-state index in [0.717, 1.165) is 31.2 Å². The molecular formula is C20H22N6O4. The summed E-state index contributed by atoms with van der Waals surface area (Å²) in [6.45, 7) is 1.11. The maximum atomic E-state index is 12.8. The van der Waals surface area contributed by atoms with E-state index < -0.39 is 4.92 Å². The Labute approximate surface area is 171 Å². The zero-order valence-electron chi connectivity index (χ0n) is 16.4. The fraction of sp³-hybridized carbons (Fsp3) is 0.400. The lowest BCUT2D eigenvalue weighted by Gasteiger charge is -2.10. The number of hydrogen-bond donors (Lipinski definition) is 1. The summed E-state index contributed by atoms with van der Waals surface area (Å²) >= 11 is 0. The number of aromatic nitrogens is 4.